The van der Waals surface area contributed by atoms with E-state index in [1.165, 1.54) is 10.4 Å². The molecule has 1 heterocycles. The fraction of sp³-hybridized carbons (Fsp3) is 0.538. The average molecular weight is 352 g/mol. The van der Waals surface area contributed by atoms with E-state index in [0.717, 1.165) is 0 Å². The van der Waals surface area contributed by atoms with Crippen LogP contribution in [0.2, 0.25) is 5.02 Å². The summed E-state index contributed by atoms with van der Waals surface area (Å²) in [6, 6.07) is 4.20. The Kier molecular flexibility index (Phi) is 4.68. The van der Waals surface area contributed by atoms with Crippen LogP contribution in [0.25, 0.3) is 0 Å². The van der Waals surface area contributed by atoms with Crippen molar-refractivity contribution >= 4 is 31.5 Å². The molecule has 0 amide bonds. The van der Waals surface area contributed by atoms with Gasteiger partial charge in [0.25, 0.3) is 0 Å². The van der Waals surface area contributed by atoms with Crippen LogP contribution in [0.4, 0.5) is 0 Å². The Bertz CT molecular complexity index is 743. The van der Waals surface area contributed by atoms with E-state index in [1.54, 1.807) is 26.0 Å². The smallest absolute Gasteiger partial charge is 0.229 e. The van der Waals surface area contributed by atoms with Gasteiger partial charge in [0.1, 0.15) is 0 Å². The molecular formula is C13H18ClNO4S2. The summed E-state index contributed by atoms with van der Waals surface area (Å²) in [5, 5.41) is 0.342. The van der Waals surface area contributed by atoms with E-state index in [1.807, 2.05) is 0 Å². The van der Waals surface area contributed by atoms with Crippen LogP contribution in [0.5, 0.6) is 0 Å². The molecule has 0 radical (unpaired) electrons. The van der Waals surface area contributed by atoms with Crippen molar-refractivity contribution < 1.29 is 16.8 Å². The van der Waals surface area contributed by atoms with Gasteiger partial charge < -0.3 is 0 Å². The molecule has 1 atom stereocenters. The summed E-state index contributed by atoms with van der Waals surface area (Å²) in [7, 11) is -6.90. The quantitative estimate of drug-likeness (QED) is 0.829. The lowest BCUT2D eigenvalue weighted by molar-refractivity contribution is 0.354. The van der Waals surface area contributed by atoms with Crippen LogP contribution < -0.4 is 0 Å². The second-order valence-electron chi connectivity index (χ2n) is 5.18. The Morgan fingerprint density at radius 3 is 2.57 bits per heavy atom. The predicted molar refractivity (Wildman–Crippen MR) is 82.8 cm³/mol. The second kappa shape index (κ2) is 5.87. The summed E-state index contributed by atoms with van der Waals surface area (Å²) in [6.07, 6.45) is 0.342. The van der Waals surface area contributed by atoms with Crippen molar-refractivity contribution in [2.45, 2.75) is 31.2 Å². The van der Waals surface area contributed by atoms with Gasteiger partial charge in [0, 0.05) is 17.6 Å². The van der Waals surface area contributed by atoms with E-state index in [4.69, 9.17) is 11.6 Å². The highest BCUT2D eigenvalue weighted by atomic mass is 35.5. The molecule has 21 heavy (non-hydrogen) atoms. The molecule has 1 aromatic rings. The van der Waals surface area contributed by atoms with Crippen LogP contribution in [0, 0.1) is 6.92 Å². The molecular weight excluding hydrogens is 334 g/mol. The molecule has 1 saturated heterocycles. The highest BCUT2D eigenvalue weighted by Crippen LogP contribution is 2.28. The Morgan fingerprint density at radius 2 is 2.05 bits per heavy atom. The molecule has 5 nitrogen and oxygen atoms in total. The monoisotopic (exact) mass is 351 g/mol. The minimum atomic E-state index is -3.75. The number of hydrogen-bond acceptors (Lipinski definition) is 4. The molecule has 1 aromatic carbocycles. The molecule has 0 aliphatic carbocycles. The molecule has 0 aromatic heterocycles. The SMILES string of the molecule is CCN([C@@H]1CCS(=O)(=O)C1)S(=O)(=O)c1cc(Cl)ccc1C. The molecule has 1 fully saturated rings. The van der Waals surface area contributed by atoms with Gasteiger partial charge in [-0.2, -0.15) is 4.31 Å². The van der Waals surface area contributed by atoms with Gasteiger partial charge in [0.15, 0.2) is 9.84 Å². The molecule has 118 valence electrons. The van der Waals surface area contributed by atoms with Gasteiger partial charge in [-0.25, -0.2) is 16.8 Å². The topological polar surface area (TPSA) is 71.5 Å². The zero-order valence-corrected chi connectivity index (χ0v) is 14.3. The van der Waals surface area contributed by atoms with Gasteiger partial charge >= 0.3 is 0 Å². The first-order chi connectivity index (χ1) is 9.67. The van der Waals surface area contributed by atoms with E-state index in [9.17, 15) is 16.8 Å². The van der Waals surface area contributed by atoms with Gasteiger partial charge in [-0.1, -0.05) is 24.6 Å². The van der Waals surface area contributed by atoms with Gasteiger partial charge in [0.2, 0.25) is 10.0 Å². The zero-order valence-electron chi connectivity index (χ0n) is 11.9. The standard InChI is InChI=1S/C13H18ClNO4S2/c1-3-15(12-6-7-20(16,17)9-12)21(18,19)13-8-11(14)5-4-10(13)2/h4-5,8,12H,3,6-7,9H2,1-2H3/t12-/m1/s1. The Labute approximate surface area is 130 Å². The third kappa shape index (κ3) is 3.41. The largest absolute Gasteiger partial charge is 0.243 e. The normalized spacial score (nSPS) is 21.8. The van der Waals surface area contributed by atoms with Crippen LogP contribution in [0.15, 0.2) is 23.1 Å². The lowest BCUT2D eigenvalue weighted by Crippen LogP contribution is -2.41. The number of nitrogens with zero attached hydrogens (tertiary/aromatic N) is 1. The fourth-order valence-corrected chi connectivity index (χ4v) is 6.58. The summed E-state index contributed by atoms with van der Waals surface area (Å²) in [6.45, 7) is 3.64. The number of hydrogen-bond donors (Lipinski definition) is 0. The van der Waals surface area contributed by atoms with Gasteiger partial charge in [0.05, 0.1) is 16.4 Å². The predicted octanol–water partition coefficient (Wildman–Crippen LogP) is 1.85. The van der Waals surface area contributed by atoms with Crippen molar-refractivity contribution in [3.8, 4) is 0 Å². The molecule has 1 aliphatic heterocycles. The van der Waals surface area contributed by atoms with E-state index >= 15 is 0 Å². The van der Waals surface area contributed by atoms with E-state index in [0.29, 0.717) is 17.0 Å². The Hall–Kier alpha value is -0.630. The van der Waals surface area contributed by atoms with Crippen molar-refractivity contribution in [2.75, 3.05) is 18.1 Å². The van der Waals surface area contributed by atoms with E-state index in [2.05, 4.69) is 0 Å². The minimum absolute atomic E-state index is 0.0399. The van der Waals surface area contributed by atoms with Gasteiger partial charge in [-0.3, -0.25) is 0 Å². The van der Waals surface area contributed by atoms with Crippen molar-refractivity contribution in [2.24, 2.45) is 0 Å². The van der Waals surface area contributed by atoms with Crippen molar-refractivity contribution in [1.29, 1.82) is 0 Å². The third-order valence-electron chi connectivity index (χ3n) is 3.66. The van der Waals surface area contributed by atoms with Crippen LogP contribution >= 0.6 is 11.6 Å². The minimum Gasteiger partial charge on any atom is -0.229 e. The second-order valence-corrected chi connectivity index (χ2v) is 9.70. The molecule has 0 N–H and O–H groups in total. The van der Waals surface area contributed by atoms with Crippen molar-refractivity contribution in [3.05, 3.63) is 28.8 Å². The maximum Gasteiger partial charge on any atom is 0.243 e. The Balaban J connectivity index is 2.43. The third-order valence-corrected chi connectivity index (χ3v) is 7.82. The van der Waals surface area contributed by atoms with Crippen LogP contribution in [0.1, 0.15) is 18.9 Å². The molecule has 0 bridgehead atoms. The number of halogens is 1. The summed E-state index contributed by atoms with van der Waals surface area (Å²) in [5.74, 6) is -0.0715. The van der Waals surface area contributed by atoms with Crippen LogP contribution in [-0.4, -0.2) is 45.2 Å². The fourth-order valence-electron chi connectivity index (χ4n) is 2.61. The summed E-state index contributed by atoms with van der Waals surface area (Å²) in [4.78, 5) is 0.140. The first-order valence-corrected chi connectivity index (χ1v) is 10.3. The van der Waals surface area contributed by atoms with Crippen molar-refractivity contribution in [1.82, 2.24) is 4.31 Å². The summed E-state index contributed by atoms with van der Waals surface area (Å²) < 4.78 is 50.1. The van der Waals surface area contributed by atoms with Crippen molar-refractivity contribution in [3.63, 3.8) is 0 Å². The number of benzene rings is 1. The van der Waals surface area contributed by atoms with E-state index in [-0.39, 0.29) is 22.9 Å². The lowest BCUT2D eigenvalue weighted by atomic mass is 10.2. The Morgan fingerprint density at radius 1 is 1.38 bits per heavy atom. The average Bonchev–Trinajstić information content (AvgIpc) is 2.73. The summed E-state index contributed by atoms with van der Waals surface area (Å²) >= 11 is 5.90. The number of sulfone groups is 1. The van der Waals surface area contributed by atoms with E-state index < -0.39 is 25.9 Å². The molecule has 8 heteroatoms. The van der Waals surface area contributed by atoms with Crippen LogP contribution in [0.3, 0.4) is 0 Å². The molecule has 0 unspecified atom stereocenters. The van der Waals surface area contributed by atoms with Crippen LogP contribution in [-0.2, 0) is 19.9 Å². The lowest BCUT2D eigenvalue weighted by Gasteiger charge is -2.26. The first kappa shape index (κ1) is 16.7. The highest BCUT2D eigenvalue weighted by Gasteiger charge is 2.38. The highest BCUT2D eigenvalue weighted by molar-refractivity contribution is 7.92. The van der Waals surface area contributed by atoms with Gasteiger partial charge in [-0.05, 0) is 31.0 Å². The van der Waals surface area contributed by atoms with Gasteiger partial charge in [-0.15, -0.1) is 0 Å². The molecule has 1 aliphatic rings. The molecule has 0 spiro atoms. The number of aryl methyl sites for hydroxylation is 1. The maximum atomic E-state index is 12.8. The number of sulfonamides is 1. The zero-order chi connectivity index (χ0) is 15.8. The first-order valence-electron chi connectivity index (χ1n) is 6.66. The number of rotatable bonds is 4. The molecule has 2 rings (SSSR count). The molecule has 0 saturated carbocycles. The maximum absolute atomic E-state index is 12.8. The summed E-state index contributed by atoms with van der Waals surface area (Å²) in [5.41, 5.74) is 0.596.